The lowest BCUT2D eigenvalue weighted by Crippen LogP contribution is -2.41. The summed E-state index contributed by atoms with van der Waals surface area (Å²) < 4.78 is 7.94. The van der Waals surface area contributed by atoms with E-state index < -0.39 is 11.5 Å². The van der Waals surface area contributed by atoms with Crippen molar-refractivity contribution in [1.29, 1.82) is 0 Å². The highest BCUT2D eigenvalue weighted by Crippen LogP contribution is 2.68. The third kappa shape index (κ3) is 2.70. The van der Waals surface area contributed by atoms with Crippen LogP contribution < -0.4 is 5.73 Å². The standard InChI is InChI=1S/C27H23N3O5/c28-26(34)22-19(32)11-16-9-15-10-17-14(12-29-30-7-1-2-8-30)5-6-18(31)21(17)24(33)20(15)25-27(16,35-25)23(22)13-3-4-13/h1-2,5-8,12,15-16,31-32H,3-4,9-11H2,(H2,28,34)/b29-12+/t15?,16-,27+/m0/s1. The van der Waals surface area contributed by atoms with E-state index in [-0.39, 0.29) is 46.7 Å². The van der Waals surface area contributed by atoms with Crippen LogP contribution in [-0.4, -0.2) is 38.4 Å². The maximum absolute atomic E-state index is 13.8. The van der Waals surface area contributed by atoms with Crippen molar-refractivity contribution in [3.63, 3.8) is 0 Å². The number of phenols is 1. The van der Waals surface area contributed by atoms with E-state index in [1.54, 1.807) is 17.0 Å². The number of carbonyl (C=O) groups excluding carboxylic acids is 2. The molecule has 5 aliphatic rings. The van der Waals surface area contributed by atoms with E-state index in [1.165, 1.54) is 6.07 Å². The molecule has 8 heteroatoms. The van der Waals surface area contributed by atoms with Gasteiger partial charge in [0.25, 0.3) is 5.91 Å². The number of allylic oxidation sites excluding steroid dienone is 3. The van der Waals surface area contributed by atoms with Crippen LogP contribution >= 0.6 is 0 Å². The van der Waals surface area contributed by atoms with Crippen LogP contribution in [-0.2, 0) is 16.0 Å². The van der Waals surface area contributed by atoms with Crippen LogP contribution in [0.4, 0.5) is 0 Å². The summed E-state index contributed by atoms with van der Waals surface area (Å²) in [7, 11) is 0. The lowest BCUT2D eigenvalue weighted by Gasteiger charge is -2.38. The zero-order valence-electron chi connectivity index (χ0n) is 18.8. The summed E-state index contributed by atoms with van der Waals surface area (Å²) in [5, 5.41) is 25.9. The highest BCUT2D eigenvalue weighted by Gasteiger charge is 2.70. The molecule has 8 nitrogen and oxygen atoms in total. The zero-order valence-corrected chi connectivity index (χ0v) is 18.8. The molecule has 1 aliphatic heterocycles. The number of hydrogen-bond acceptors (Lipinski definition) is 6. The second-order valence-electron chi connectivity index (χ2n) is 9.95. The number of ketones is 1. The second kappa shape index (κ2) is 6.75. The molecule has 1 unspecified atom stereocenters. The number of primary amides is 1. The van der Waals surface area contributed by atoms with Gasteiger partial charge in [0.2, 0.25) is 0 Å². The molecule has 4 N–H and O–H groups in total. The Hall–Kier alpha value is -4.07. The minimum atomic E-state index is -0.857. The largest absolute Gasteiger partial charge is 0.511 e. The van der Waals surface area contributed by atoms with Crippen LogP contribution in [0.15, 0.2) is 75.6 Å². The number of nitrogens with two attached hydrogens (primary N) is 1. The van der Waals surface area contributed by atoms with Crippen molar-refractivity contribution >= 4 is 17.9 Å². The van der Waals surface area contributed by atoms with Gasteiger partial charge < -0.3 is 20.7 Å². The Morgan fingerprint density at radius 2 is 1.97 bits per heavy atom. The second-order valence-corrected chi connectivity index (χ2v) is 9.95. The molecular formula is C27H23N3O5. The number of aliphatic hydroxyl groups is 1. The average Bonchev–Trinajstić information content (AvgIpc) is 3.73. The molecule has 1 saturated heterocycles. The fraction of sp³-hybridized carbons (Fsp3) is 0.296. The van der Waals surface area contributed by atoms with Gasteiger partial charge in [-0.1, -0.05) is 5.57 Å². The highest BCUT2D eigenvalue weighted by molar-refractivity contribution is 6.15. The fourth-order valence-electron chi connectivity index (χ4n) is 6.38. The summed E-state index contributed by atoms with van der Waals surface area (Å²) in [6, 6.07) is 7.05. The zero-order chi connectivity index (χ0) is 24.1. The van der Waals surface area contributed by atoms with Crippen molar-refractivity contribution in [1.82, 2.24) is 4.68 Å². The van der Waals surface area contributed by atoms with Crippen LogP contribution in [0.5, 0.6) is 5.75 Å². The molecule has 2 fully saturated rings. The minimum absolute atomic E-state index is 0.0144. The number of ether oxygens (including phenoxy) is 1. The van der Waals surface area contributed by atoms with Crippen molar-refractivity contribution in [3.05, 3.63) is 87.2 Å². The first-order valence-corrected chi connectivity index (χ1v) is 11.9. The third-order valence-electron chi connectivity index (χ3n) is 7.97. The molecule has 1 aromatic heterocycles. The van der Waals surface area contributed by atoms with Crippen LogP contribution in [0.2, 0.25) is 0 Å². The number of benzene rings is 1. The van der Waals surface area contributed by atoms with Crippen molar-refractivity contribution in [2.75, 3.05) is 0 Å². The van der Waals surface area contributed by atoms with Gasteiger partial charge in [0, 0.05) is 35.9 Å². The predicted octanol–water partition coefficient (Wildman–Crippen LogP) is 3.27. The van der Waals surface area contributed by atoms with Gasteiger partial charge in [-0.05, 0) is 67.0 Å². The molecule has 3 atom stereocenters. The first-order chi connectivity index (χ1) is 16.9. The lowest BCUT2D eigenvalue weighted by atomic mass is 9.61. The molecule has 35 heavy (non-hydrogen) atoms. The van der Waals surface area contributed by atoms with Crippen LogP contribution in [0.3, 0.4) is 0 Å². The van der Waals surface area contributed by atoms with E-state index in [0.29, 0.717) is 29.7 Å². The first kappa shape index (κ1) is 20.3. The number of fused-ring (bicyclic) bond motifs is 2. The SMILES string of the molecule is NC(=O)C1=C(O)C[C@@H]2CC3Cc4c(/C=N/n5cccc5)ccc(O)c4C(=O)C3=C3O[C@]32C1=C1CC1. The molecule has 0 radical (unpaired) electrons. The molecule has 0 bridgehead atoms. The summed E-state index contributed by atoms with van der Waals surface area (Å²) in [6.45, 7) is 0. The molecule has 1 amide bonds. The Morgan fingerprint density at radius 3 is 2.69 bits per heavy atom. The number of Topliss-reactive ketones (excluding diaryl/α,β-unsaturated/α-hetero) is 1. The first-order valence-electron chi connectivity index (χ1n) is 11.9. The van der Waals surface area contributed by atoms with E-state index >= 15 is 0 Å². The van der Waals surface area contributed by atoms with Gasteiger partial charge in [-0.2, -0.15) is 5.10 Å². The quantitative estimate of drug-likeness (QED) is 0.469. The Morgan fingerprint density at radius 1 is 1.20 bits per heavy atom. The number of aromatic hydroxyl groups is 1. The topological polar surface area (TPSA) is 130 Å². The summed E-state index contributed by atoms with van der Waals surface area (Å²) >= 11 is 0. The number of carbonyl (C=O) groups is 2. The van der Waals surface area contributed by atoms with E-state index in [9.17, 15) is 19.8 Å². The highest BCUT2D eigenvalue weighted by atomic mass is 16.6. The molecule has 2 heterocycles. The van der Waals surface area contributed by atoms with Crippen LogP contribution in [0, 0.1) is 11.8 Å². The van der Waals surface area contributed by atoms with Gasteiger partial charge >= 0.3 is 0 Å². The van der Waals surface area contributed by atoms with E-state index in [1.807, 2.05) is 24.5 Å². The summed E-state index contributed by atoms with van der Waals surface area (Å²) in [6.07, 6.45) is 8.45. The van der Waals surface area contributed by atoms with E-state index in [4.69, 9.17) is 10.5 Å². The maximum atomic E-state index is 13.8. The molecule has 7 rings (SSSR count). The molecule has 1 spiro atoms. The monoisotopic (exact) mass is 469 g/mol. The fourth-order valence-corrected chi connectivity index (χ4v) is 6.38. The molecule has 1 saturated carbocycles. The van der Waals surface area contributed by atoms with Crippen molar-refractivity contribution < 1.29 is 24.5 Å². The summed E-state index contributed by atoms with van der Waals surface area (Å²) in [5.74, 6) is -0.570. The van der Waals surface area contributed by atoms with Crippen LogP contribution in [0.25, 0.3) is 0 Å². The number of hydrogen-bond donors (Lipinski definition) is 3. The van der Waals surface area contributed by atoms with E-state index in [2.05, 4.69) is 5.10 Å². The Balaban J connectivity index is 1.35. The Labute approximate surface area is 200 Å². The minimum Gasteiger partial charge on any atom is -0.511 e. The molecule has 4 aliphatic carbocycles. The number of phenolic OH excluding ortho intramolecular Hbond substituents is 1. The van der Waals surface area contributed by atoms with Crippen molar-refractivity contribution in [2.24, 2.45) is 22.7 Å². The number of epoxide rings is 1. The van der Waals surface area contributed by atoms with Crippen molar-refractivity contribution in [2.45, 2.75) is 37.7 Å². The number of aliphatic hydroxyl groups excluding tert-OH is 1. The number of nitrogens with zero attached hydrogens (tertiary/aromatic N) is 2. The van der Waals surface area contributed by atoms with Gasteiger partial charge in [0.05, 0.1) is 17.4 Å². The Kier molecular flexibility index (Phi) is 3.92. The van der Waals surface area contributed by atoms with Gasteiger partial charge in [0.1, 0.15) is 11.5 Å². The predicted molar refractivity (Wildman–Crippen MR) is 126 cm³/mol. The third-order valence-corrected chi connectivity index (χ3v) is 7.97. The van der Waals surface area contributed by atoms with Gasteiger partial charge in [-0.15, -0.1) is 0 Å². The van der Waals surface area contributed by atoms with Crippen LogP contribution in [0.1, 0.15) is 47.2 Å². The van der Waals surface area contributed by atoms with Crippen molar-refractivity contribution in [3.8, 4) is 5.75 Å². The maximum Gasteiger partial charge on any atom is 0.252 e. The average molecular weight is 469 g/mol. The summed E-state index contributed by atoms with van der Waals surface area (Å²) in [4.78, 5) is 26.1. The molecule has 176 valence electrons. The normalized spacial score (nSPS) is 28.4. The lowest BCUT2D eigenvalue weighted by molar-refractivity contribution is -0.114. The molecule has 1 aromatic carbocycles. The molecule has 2 aromatic rings. The van der Waals surface area contributed by atoms with Gasteiger partial charge in [0.15, 0.2) is 17.1 Å². The Bertz CT molecular complexity index is 1470. The molecular weight excluding hydrogens is 446 g/mol. The number of amides is 1. The summed E-state index contributed by atoms with van der Waals surface area (Å²) in [5.41, 5.74) is 9.09. The van der Waals surface area contributed by atoms with Gasteiger partial charge in [-0.25, -0.2) is 4.68 Å². The number of aromatic nitrogens is 1. The van der Waals surface area contributed by atoms with E-state index in [0.717, 1.165) is 29.5 Å². The van der Waals surface area contributed by atoms with Gasteiger partial charge in [-0.3, -0.25) is 9.59 Å². The smallest absolute Gasteiger partial charge is 0.252 e. The number of rotatable bonds is 3.